The van der Waals surface area contributed by atoms with Gasteiger partial charge >= 0.3 is 6.09 Å². The van der Waals surface area contributed by atoms with Gasteiger partial charge in [0.05, 0.1) is 6.04 Å². The van der Waals surface area contributed by atoms with Crippen molar-refractivity contribution in [2.45, 2.75) is 58.6 Å². The van der Waals surface area contributed by atoms with Crippen molar-refractivity contribution in [3.8, 4) is 0 Å². The maximum absolute atomic E-state index is 12.7. The lowest BCUT2D eigenvalue weighted by Crippen LogP contribution is -2.44. The number of piperidine rings is 1. The van der Waals surface area contributed by atoms with Gasteiger partial charge in [-0.25, -0.2) is 4.79 Å². The number of likely N-dealkylation sites (N-methyl/N-ethyl adjacent to an activating group) is 1. The van der Waals surface area contributed by atoms with E-state index in [0.29, 0.717) is 5.92 Å². The van der Waals surface area contributed by atoms with E-state index in [-0.39, 0.29) is 12.1 Å². The smallest absolute Gasteiger partial charge is 0.410 e. The molecule has 0 aliphatic carbocycles. The Morgan fingerprint density at radius 1 is 1.20 bits per heavy atom. The van der Waals surface area contributed by atoms with Crippen LogP contribution in [0.2, 0.25) is 0 Å². The van der Waals surface area contributed by atoms with Crippen LogP contribution in [-0.2, 0) is 11.2 Å². The number of nitrogens with zero attached hydrogens (tertiary/aromatic N) is 2. The van der Waals surface area contributed by atoms with Gasteiger partial charge in [-0.2, -0.15) is 0 Å². The van der Waals surface area contributed by atoms with Gasteiger partial charge in [-0.1, -0.05) is 31.2 Å². The molecule has 140 valence electrons. The van der Waals surface area contributed by atoms with Gasteiger partial charge in [0.2, 0.25) is 0 Å². The lowest BCUT2D eigenvalue weighted by Gasteiger charge is -2.39. The first-order valence-corrected chi connectivity index (χ1v) is 9.39. The predicted molar refractivity (Wildman–Crippen MR) is 103 cm³/mol. The van der Waals surface area contributed by atoms with Crippen molar-refractivity contribution in [3.05, 3.63) is 35.4 Å². The zero-order valence-corrected chi connectivity index (χ0v) is 16.7. The van der Waals surface area contributed by atoms with Gasteiger partial charge in [-0.15, -0.1) is 0 Å². The van der Waals surface area contributed by atoms with Crippen molar-refractivity contribution in [1.82, 2.24) is 9.80 Å². The molecule has 1 aliphatic rings. The van der Waals surface area contributed by atoms with Gasteiger partial charge in [-0.05, 0) is 71.2 Å². The fourth-order valence-electron chi connectivity index (χ4n) is 3.28. The summed E-state index contributed by atoms with van der Waals surface area (Å²) in [6.07, 6.45) is 3.00. The summed E-state index contributed by atoms with van der Waals surface area (Å²) in [6, 6.07) is 8.88. The van der Waals surface area contributed by atoms with Crippen LogP contribution in [0.3, 0.4) is 0 Å². The van der Waals surface area contributed by atoms with Crippen LogP contribution in [0.5, 0.6) is 0 Å². The topological polar surface area (TPSA) is 32.8 Å². The minimum Gasteiger partial charge on any atom is -0.444 e. The maximum Gasteiger partial charge on any atom is 0.410 e. The molecule has 2 atom stereocenters. The van der Waals surface area contributed by atoms with E-state index in [9.17, 15) is 4.79 Å². The van der Waals surface area contributed by atoms with Crippen LogP contribution in [0.1, 0.15) is 57.7 Å². The number of benzene rings is 1. The molecule has 0 unspecified atom stereocenters. The first-order chi connectivity index (χ1) is 11.7. The van der Waals surface area contributed by atoms with Gasteiger partial charge in [0, 0.05) is 13.1 Å². The third-order valence-corrected chi connectivity index (χ3v) is 4.66. The minimum atomic E-state index is -0.460. The summed E-state index contributed by atoms with van der Waals surface area (Å²) in [5.41, 5.74) is 2.09. The van der Waals surface area contributed by atoms with E-state index in [1.807, 2.05) is 25.7 Å². The molecule has 0 spiro atoms. The van der Waals surface area contributed by atoms with Crippen LogP contribution in [0.15, 0.2) is 24.3 Å². The molecule has 2 rings (SSSR count). The number of amides is 1. The molecular weight excluding hydrogens is 312 g/mol. The third-order valence-electron chi connectivity index (χ3n) is 4.66. The molecule has 1 heterocycles. The molecular formula is C21H34N2O2. The van der Waals surface area contributed by atoms with Crippen LogP contribution in [-0.4, -0.2) is 48.7 Å². The van der Waals surface area contributed by atoms with Crippen molar-refractivity contribution in [3.63, 3.8) is 0 Å². The summed E-state index contributed by atoms with van der Waals surface area (Å²) in [6.45, 7) is 9.79. The molecule has 0 N–H and O–H groups in total. The summed E-state index contributed by atoms with van der Waals surface area (Å²) >= 11 is 0. The summed E-state index contributed by atoms with van der Waals surface area (Å²) in [4.78, 5) is 16.8. The van der Waals surface area contributed by atoms with Crippen molar-refractivity contribution in [2.24, 2.45) is 5.92 Å². The first-order valence-electron chi connectivity index (χ1n) is 9.39. The second-order valence-corrected chi connectivity index (χ2v) is 8.63. The Hall–Kier alpha value is -1.55. The fourth-order valence-corrected chi connectivity index (χ4v) is 3.28. The number of likely N-dealkylation sites (tertiary alicyclic amines) is 1. The Morgan fingerprint density at radius 2 is 1.84 bits per heavy atom. The van der Waals surface area contributed by atoms with E-state index in [1.165, 1.54) is 11.1 Å². The molecule has 1 aliphatic heterocycles. The quantitative estimate of drug-likeness (QED) is 0.805. The van der Waals surface area contributed by atoms with E-state index >= 15 is 0 Å². The SMILES string of the molecule is C[C@H]1CC[C@H](c2ccc(CCN(C)C)cc2)N(C(=O)OC(C)(C)C)C1. The fraction of sp³-hybridized carbons (Fsp3) is 0.667. The van der Waals surface area contributed by atoms with Crippen molar-refractivity contribution < 1.29 is 9.53 Å². The summed E-state index contributed by atoms with van der Waals surface area (Å²) in [5.74, 6) is 0.517. The van der Waals surface area contributed by atoms with Crippen molar-refractivity contribution in [1.29, 1.82) is 0 Å². The molecule has 4 nitrogen and oxygen atoms in total. The average Bonchev–Trinajstić information content (AvgIpc) is 2.52. The number of hydrogen-bond donors (Lipinski definition) is 0. The number of carbonyl (C=O) groups is 1. The molecule has 1 amide bonds. The van der Waals surface area contributed by atoms with E-state index in [2.05, 4.69) is 50.2 Å². The number of rotatable bonds is 4. The molecule has 1 fully saturated rings. The molecule has 0 radical (unpaired) electrons. The number of ether oxygens (including phenoxy) is 1. The normalized spacial score (nSPS) is 21.5. The highest BCUT2D eigenvalue weighted by molar-refractivity contribution is 5.69. The summed E-state index contributed by atoms with van der Waals surface area (Å²) < 4.78 is 5.65. The lowest BCUT2D eigenvalue weighted by molar-refractivity contribution is 0.00364. The molecule has 0 aromatic heterocycles. The molecule has 0 bridgehead atoms. The van der Waals surface area contributed by atoms with Gasteiger partial charge in [0.15, 0.2) is 0 Å². The van der Waals surface area contributed by atoms with Crippen LogP contribution >= 0.6 is 0 Å². The van der Waals surface area contributed by atoms with Crippen LogP contribution in [0.4, 0.5) is 4.79 Å². The first kappa shape index (κ1) is 19.8. The standard InChI is InChI=1S/C21H34N2O2/c1-16-7-12-19(23(15-16)20(24)25-21(2,3)4)18-10-8-17(9-11-18)13-14-22(5)6/h8-11,16,19H,7,12-15H2,1-6H3/t16-,19+/m0/s1. The zero-order chi connectivity index (χ0) is 18.6. The Balaban J connectivity index is 2.12. The molecule has 25 heavy (non-hydrogen) atoms. The average molecular weight is 347 g/mol. The second-order valence-electron chi connectivity index (χ2n) is 8.63. The minimum absolute atomic E-state index is 0.119. The molecule has 1 saturated heterocycles. The maximum atomic E-state index is 12.7. The zero-order valence-electron chi connectivity index (χ0n) is 16.7. The van der Waals surface area contributed by atoms with Crippen LogP contribution in [0, 0.1) is 5.92 Å². The monoisotopic (exact) mass is 346 g/mol. The number of hydrogen-bond acceptors (Lipinski definition) is 3. The Bertz CT molecular complexity index is 560. The molecule has 4 heteroatoms. The van der Waals surface area contributed by atoms with Gasteiger partial charge in [0.25, 0.3) is 0 Å². The van der Waals surface area contributed by atoms with Crippen molar-refractivity contribution >= 4 is 6.09 Å². The summed E-state index contributed by atoms with van der Waals surface area (Å²) in [7, 11) is 4.19. The highest BCUT2D eigenvalue weighted by Gasteiger charge is 2.33. The largest absolute Gasteiger partial charge is 0.444 e. The van der Waals surface area contributed by atoms with E-state index in [1.54, 1.807) is 0 Å². The molecule has 1 aromatic rings. The molecule has 0 saturated carbocycles. The highest BCUT2D eigenvalue weighted by atomic mass is 16.6. The predicted octanol–water partition coefficient (Wildman–Crippen LogP) is 4.50. The van der Waals surface area contributed by atoms with Gasteiger partial charge < -0.3 is 14.5 Å². The second kappa shape index (κ2) is 8.22. The van der Waals surface area contributed by atoms with Crippen LogP contribution in [0.25, 0.3) is 0 Å². The van der Waals surface area contributed by atoms with E-state index < -0.39 is 5.60 Å². The summed E-state index contributed by atoms with van der Waals surface area (Å²) in [5, 5.41) is 0. The molecule has 1 aromatic carbocycles. The highest BCUT2D eigenvalue weighted by Crippen LogP contribution is 2.34. The Morgan fingerprint density at radius 3 is 2.40 bits per heavy atom. The lowest BCUT2D eigenvalue weighted by atomic mass is 9.90. The van der Waals surface area contributed by atoms with Gasteiger partial charge in [0.1, 0.15) is 5.60 Å². The third kappa shape index (κ3) is 6.03. The Labute approximate surface area is 153 Å². The van der Waals surface area contributed by atoms with E-state index in [4.69, 9.17) is 4.74 Å². The number of carbonyl (C=O) groups excluding carboxylic acids is 1. The van der Waals surface area contributed by atoms with E-state index in [0.717, 1.165) is 32.4 Å². The van der Waals surface area contributed by atoms with Crippen molar-refractivity contribution in [2.75, 3.05) is 27.2 Å². The van der Waals surface area contributed by atoms with Gasteiger partial charge in [-0.3, -0.25) is 0 Å². The van der Waals surface area contributed by atoms with Crippen LogP contribution < -0.4 is 0 Å². The Kier molecular flexibility index (Phi) is 6.50.